The Morgan fingerprint density at radius 1 is 1.21 bits per heavy atom. The van der Waals surface area contributed by atoms with Crippen LogP contribution in [0.5, 0.6) is 11.8 Å². The smallest absolute Gasteiger partial charge is 0.328 e. The number of hydrogen-bond donors (Lipinski definition) is 2. The minimum atomic E-state index is -0.257. The quantitative estimate of drug-likeness (QED) is 0.618. The maximum Gasteiger partial charge on any atom is 0.328 e. The molecule has 2 aliphatic heterocycles. The van der Waals surface area contributed by atoms with Gasteiger partial charge in [0.15, 0.2) is 11.5 Å². The molecule has 2 aromatic heterocycles. The van der Waals surface area contributed by atoms with E-state index in [2.05, 4.69) is 34.0 Å². The van der Waals surface area contributed by atoms with Crippen molar-refractivity contribution in [2.45, 2.75) is 51.7 Å². The SMILES string of the molecule is CC1Cc2cc3cc(c2O1)CCCCCOc1nc(N)c2[nH]c(=O)n(c2n1)C3. The topological polar surface area (TPSA) is 108 Å². The van der Waals surface area contributed by atoms with Crippen LogP contribution in [0.2, 0.25) is 0 Å². The first-order chi connectivity index (χ1) is 13.6. The average Bonchev–Trinajstić information content (AvgIpc) is 3.18. The van der Waals surface area contributed by atoms with E-state index in [4.69, 9.17) is 15.2 Å². The average molecular weight is 381 g/mol. The summed E-state index contributed by atoms with van der Waals surface area (Å²) < 4.78 is 13.3. The summed E-state index contributed by atoms with van der Waals surface area (Å²) in [5, 5.41) is 0. The number of aromatic amines is 1. The standard InChI is InChI=1S/C20H23N5O3/c1-11-7-14-9-12-8-13(16(14)28-11)5-3-2-4-6-27-19-23-17(21)15-18(24-19)25(10-12)20(26)22-15/h8-9,11H,2-7,10H2,1H3,(H,22,26)(H2,21,23,24). The molecular weight excluding hydrogens is 358 g/mol. The molecule has 0 fully saturated rings. The highest BCUT2D eigenvalue weighted by atomic mass is 16.5. The third-order valence-electron chi connectivity index (χ3n) is 5.42. The van der Waals surface area contributed by atoms with Gasteiger partial charge < -0.3 is 20.2 Å². The molecule has 0 spiro atoms. The number of imidazole rings is 1. The Morgan fingerprint density at radius 2 is 2.07 bits per heavy atom. The van der Waals surface area contributed by atoms with E-state index >= 15 is 0 Å². The van der Waals surface area contributed by atoms with Gasteiger partial charge in [0.25, 0.3) is 0 Å². The Hall–Kier alpha value is -3.03. The second-order valence-corrected chi connectivity index (χ2v) is 7.64. The minimum absolute atomic E-state index is 0.186. The lowest BCUT2D eigenvalue weighted by Gasteiger charge is -2.13. The fourth-order valence-electron chi connectivity index (χ4n) is 4.14. The summed E-state index contributed by atoms with van der Waals surface area (Å²) in [6.07, 6.45) is 5.03. The van der Waals surface area contributed by atoms with Gasteiger partial charge in [-0.2, -0.15) is 9.97 Å². The molecule has 1 unspecified atom stereocenters. The van der Waals surface area contributed by atoms with Crippen LogP contribution in [-0.4, -0.2) is 32.2 Å². The minimum Gasteiger partial charge on any atom is -0.490 e. The van der Waals surface area contributed by atoms with Crippen molar-refractivity contribution >= 4 is 17.0 Å². The van der Waals surface area contributed by atoms with Crippen LogP contribution in [0.25, 0.3) is 11.2 Å². The molecule has 8 nitrogen and oxygen atoms in total. The largest absolute Gasteiger partial charge is 0.490 e. The molecule has 2 aliphatic rings. The monoisotopic (exact) mass is 381 g/mol. The van der Waals surface area contributed by atoms with Gasteiger partial charge in [-0.25, -0.2) is 4.79 Å². The van der Waals surface area contributed by atoms with Crippen molar-refractivity contribution in [3.63, 3.8) is 0 Å². The van der Waals surface area contributed by atoms with Crippen LogP contribution in [-0.2, 0) is 19.4 Å². The molecule has 0 saturated carbocycles. The molecule has 0 amide bonds. The van der Waals surface area contributed by atoms with Gasteiger partial charge in [0, 0.05) is 6.42 Å². The number of ether oxygens (including phenoxy) is 2. The molecule has 1 atom stereocenters. The van der Waals surface area contributed by atoms with Gasteiger partial charge in [-0.3, -0.25) is 4.57 Å². The predicted molar refractivity (Wildman–Crippen MR) is 105 cm³/mol. The molecule has 5 rings (SSSR count). The van der Waals surface area contributed by atoms with E-state index in [0.717, 1.165) is 43.4 Å². The zero-order valence-electron chi connectivity index (χ0n) is 15.8. The van der Waals surface area contributed by atoms with E-state index in [9.17, 15) is 4.79 Å². The second-order valence-electron chi connectivity index (χ2n) is 7.64. The van der Waals surface area contributed by atoms with Crippen LogP contribution in [0, 0.1) is 0 Å². The molecule has 4 heterocycles. The van der Waals surface area contributed by atoms with Crippen molar-refractivity contribution < 1.29 is 9.47 Å². The number of aryl methyl sites for hydroxylation is 1. The predicted octanol–water partition coefficient (Wildman–Crippen LogP) is 2.18. The normalized spacial score (nSPS) is 19.1. The molecule has 0 saturated heterocycles. The van der Waals surface area contributed by atoms with Gasteiger partial charge in [-0.15, -0.1) is 0 Å². The fraction of sp³-hybridized carbons (Fsp3) is 0.450. The first kappa shape index (κ1) is 17.1. The van der Waals surface area contributed by atoms with E-state index in [0.29, 0.717) is 24.3 Å². The van der Waals surface area contributed by atoms with Crippen molar-refractivity contribution in [1.29, 1.82) is 0 Å². The Morgan fingerprint density at radius 3 is 2.96 bits per heavy atom. The van der Waals surface area contributed by atoms with Gasteiger partial charge in [0.1, 0.15) is 17.4 Å². The number of H-pyrrole nitrogens is 1. The molecule has 146 valence electrons. The molecule has 0 aliphatic carbocycles. The Kier molecular flexibility index (Phi) is 3.99. The van der Waals surface area contributed by atoms with E-state index < -0.39 is 0 Å². The number of nitrogens with one attached hydrogen (secondary N) is 1. The molecule has 3 aromatic rings. The summed E-state index contributed by atoms with van der Waals surface area (Å²) >= 11 is 0. The van der Waals surface area contributed by atoms with E-state index in [1.54, 1.807) is 4.57 Å². The third kappa shape index (κ3) is 2.89. The summed E-state index contributed by atoms with van der Waals surface area (Å²) in [5.74, 6) is 1.25. The molecule has 0 radical (unpaired) electrons. The Bertz CT molecular complexity index is 1120. The van der Waals surface area contributed by atoms with Crippen LogP contribution >= 0.6 is 0 Å². The van der Waals surface area contributed by atoms with Gasteiger partial charge in [0.2, 0.25) is 0 Å². The highest BCUT2D eigenvalue weighted by Crippen LogP contribution is 2.35. The number of nitrogens with two attached hydrogens (primary N) is 1. The van der Waals surface area contributed by atoms with Gasteiger partial charge >= 0.3 is 11.7 Å². The van der Waals surface area contributed by atoms with E-state index in [1.807, 2.05) is 0 Å². The second kappa shape index (κ2) is 6.54. The van der Waals surface area contributed by atoms with Crippen molar-refractivity contribution in [1.82, 2.24) is 19.5 Å². The highest BCUT2D eigenvalue weighted by Gasteiger charge is 2.24. The van der Waals surface area contributed by atoms with Crippen LogP contribution in [0.15, 0.2) is 16.9 Å². The number of nitrogens with zero attached hydrogens (tertiary/aromatic N) is 3. The van der Waals surface area contributed by atoms with Gasteiger partial charge in [-0.1, -0.05) is 12.1 Å². The van der Waals surface area contributed by atoms with Crippen molar-refractivity contribution in [3.8, 4) is 11.8 Å². The Balaban J connectivity index is 1.66. The van der Waals surface area contributed by atoms with E-state index in [1.165, 1.54) is 11.1 Å². The van der Waals surface area contributed by atoms with Crippen molar-refractivity contribution in [2.75, 3.05) is 12.3 Å². The van der Waals surface area contributed by atoms with Gasteiger partial charge in [-0.05, 0) is 49.3 Å². The zero-order chi connectivity index (χ0) is 19.3. The third-order valence-corrected chi connectivity index (χ3v) is 5.42. The number of aromatic nitrogens is 4. The molecule has 3 N–H and O–H groups in total. The van der Waals surface area contributed by atoms with Crippen LogP contribution in [0.1, 0.15) is 42.9 Å². The van der Waals surface area contributed by atoms with Crippen molar-refractivity contribution in [3.05, 3.63) is 39.3 Å². The molecule has 1 aromatic carbocycles. The maximum atomic E-state index is 12.6. The summed E-state index contributed by atoms with van der Waals surface area (Å²) in [5.41, 5.74) is 10.2. The summed E-state index contributed by atoms with van der Waals surface area (Å²) in [4.78, 5) is 24.0. The summed E-state index contributed by atoms with van der Waals surface area (Å²) in [7, 11) is 0. The molecule has 8 heteroatoms. The first-order valence-corrected chi connectivity index (χ1v) is 9.78. The number of anilines is 1. The molecule has 4 bridgehead atoms. The van der Waals surface area contributed by atoms with Crippen LogP contribution in [0.3, 0.4) is 0 Å². The van der Waals surface area contributed by atoms with Gasteiger partial charge in [0.05, 0.1) is 13.2 Å². The maximum absolute atomic E-state index is 12.6. The summed E-state index contributed by atoms with van der Waals surface area (Å²) in [6.45, 7) is 3.02. The van der Waals surface area contributed by atoms with Crippen molar-refractivity contribution in [2.24, 2.45) is 0 Å². The molecular formula is C20H23N5O3. The highest BCUT2D eigenvalue weighted by molar-refractivity contribution is 5.82. The summed E-state index contributed by atoms with van der Waals surface area (Å²) in [6, 6.07) is 4.52. The van der Waals surface area contributed by atoms with Crippen LogP contribution in [0.4, 0.5) is 5.82 Å². The van der Waals surface area contributed by atoms with E-state index in [-0.39, 0.29) is 23.6 Å². The lowest BCUT2D eigenvalue weighted by atomic mass is 9.98. The number of nitrogen functional groups attached to an aromatic ring is 1. The number of benzene rings is 1. The molecule has 28 heavy (non-hydrogen) atoms. The first-order valence-electron chi connectivity index (χ1n) is 9.78. The number of rotatable bonds is 0. The lowest BCUT2D eigenvalue weighted by molar-refractivity contribution is 0.252. The number of fused-ring (bicyclic) bond motifs is 5. The fourth-order valence-corrected chi connectivity index (χ4v) is 4.14. The zero-order valence-corrected chi connectivity index (χ0v) is 15.8. The lowest BCUT2D eigenvalue weighted by Crippen LogP contribution is -2.18. The number of hydrogen-bond acceptors (Lipinski definition) is 6. The Labute approximate surface area is 161 Å². The van der Waals surface area contributed by atoms with Crippen LogP contribution < -0.4 is 20.9 Å².